The van der Waals surface area contributed by atoms with Crippen LogP contribution in [0.4, 0.5) is 5.82 Å². The summed E-state index contributed by atoms with van der Waals surface area (Å²) < 4.78 is 1.90. The fraction of sp³-hybridized carbons (Fsp3) is 0.333. The van der Waals surface area contributed by atoms with Crippen LogP contribution < -0.4 is 5.32 Å². The molecule has 0 saturated heterocycles. The largest absolute Gasteiger partial charge is 0.396 e. The second-order valence-electron chi connectivity index (χ2n) is 6.98. The first-order valence-electron chi connectivity index (χ1n) is 9.33. The molecule has 0 fully saturated rings. The maximum Gasteiger partial charge on any atom is 0.129 e. The van der Waals surface area contributed by atoms with Gasteiger partial charge in [0.05, 0.1) is 10.9 Å². The molecule has 2 N–H and O–H groups in total. The van der Waals surface area contributed by atoms with E-state index in [0.29, 0.717) is 0 Å². The summed E-state index contributed by atoms with van der Waals surface area (Å²) in [5.41, 5.74) is 5.25. The fourth-order valence-corrected chi connectivity index (χ4v) is 5.49. The number of hydrogen-bond donors (Lipinski definition) is 2. The van der Waals surface area contributed by atoms with Gasteiger partial charge in [-0.25, -0.2) is 0 Å². The number of anilines is 1. The molecular weight excluding hydrogens is 392 g/mol. The first kappa shape index (κ1) is 19.3. The Bertz CT molecular complexity index is 976. The summed E-state index contributed by atoms with van der Waals surface area (Å²) >= 11 is 8.09. The standard InChI is InChI=1S/C21H23ClN4OS/c1-13-11-14(22)6-7-16(13)20-18-19(17-5-3-4-9-23-17)25-26(2)21(18)24-12-15(28-20)8-10-27/h3-7,9,11,15,20,24,27H,8,10,12H2,1-2H3/t15-,20-/m0/s1. The van der Waals surface area contributed by atoms with Crippen molar-refractivity contribution in [2.24, 2.45) is 7.05 Å². The number of aliphatic hydroxyl groups excluding tert-OH is 1. The molecule has 0 aliphatic carbocycles. The minimum Gasteiger partial charge on any atom is -0.396 e. The molecule has 0 unspecified atom stereocenters. The van der Waals surface area contributed by atoms with Crippen LogP contribution in [0.5, 0.6) is 0 Å². The zero-order chi connectivity index (χ0) is 19.7. The third kappa shape index (κ3) is 3.64. The van der Waals surface area contributed by atoms with Crippen molar-refractivity contribution >= 4 is 29.2 Å². The highest BCUT2D eigenvalue weighted by molar-refractivity contribution is 8.00. The Hall–Kier alpha value is -2.02. The molecule has 5 nitrogen and oxygen atoms in total. The number of aromatic nitrogens is 3. The molecule has 146 valence electrons. The van der Waals surface area contributed by atoms with Gasteiger partial charge < -0.3 is 10.4 Å². The van der Waals surface area contributed by atoms with Crippen LogP contribution in [-0.2, 0) is 7.05 Å². The van der Waals surface area contributed by atoms with Crippen molar-refractivity contribution in [2.75, 3.05) is 18.5 Å². The van der Waals surface area contributed by atoms with Crippen LogP contribution in [0.1, 0.15) is 28.4 Å². The number of nitrogens with one attached hydrogen (secondary N) is 1. The molecule has 0 saturated carbocycles. The zero-order valence-corrected chi connectivity index (χ0v) is 17.5. The van der Waals surface area contributed by atoms with Crippen molar-refractivity contribution in [2.45, 2.75) is 23.8 Å². The highest BCUT2D eigenvalue weighted by Crippen LogP contribution is 2.48. The lowest BCUT2D eigenvalue weighted by Gasteiger charge is -2.22. The number of rotatable bonds is 4. The number of benzene rings is 1. The van der Waals surface area contributed by atoms with Gasteiger partial charge in [0.25, 0.3) is 0 Å². The number of aliphatic hydroxyl groups is 1. The van der Waals surface area contributed by atoms with Crippen LogP contribution in [0, 0.1) is 6.92 Å². The SMILES string of the molecule is Cc1cc(Cl)ccc1[C@@H]1S[C@@H](CCO)CNc2c1c(-c1ccccn1)nn2C. The predicted molar refractivity (Wildman–Crippen MR) is 116 cm³/mol. The van der Waals surface area contributed by atoms with Gasteiger partial charge in [0.15, 0.2) is 0 Å². The molecule has 4 rings (SSSR count). The Kier molecular flexibility index (Phi) is 5.62. The minimum absolute atomic E-state index is 0.0736. The van der Waals surface area contributed by atoms with Crippen molar-refractivity contribution in [1.29, 1.82) is 0 Å². The summed E-state index contributed by atoms with van der Waals surface area (Å²) in [5, 5.41) is 19.0. The third-order valence-corrected chi connectivity index (χ3v) is 6.83. The van der Waals surface area contributed by atoms with Crippen LogP contribution in [-0.4, -0.2) is 38.3 Å². The Balaban J connectivity index is 1.90. The van der Waals surface area contributed by atoms with Crippen LogP contribution in [0.2, 0.25) is 5.02 Å². The van der Waals surface area contributed by atoms with E-state index in [9.17, 15) is 5.11 Å². The molecule has 2 aromatic heterocycles. The lowest BCUT2D eigenvalue weighted by atomic mass is 9.98. The van der Waals surface area contributed by atoms with Crippen molar-refractivity contribution < 1.29 is 5.11 Å². The van der Waals surface area contributed by atoms with E-state index in [2.05, 4.69) is 23.3 Å². The topological polar surface area (TPSA) is 63.0 Å². The van der Waals surface area contributed by atoms with E-state index >= 15 is 0 Å². The zero-order valence-electron chi connectivity index (χ0n) is 15.9. The average Bonchev–Trinajstić information content (AvgIpc) is 2.89. The molecule has 3 heterocycles. The molecule has 28 heavy (non-hydrogen) atoms. The van der Waals surface area contributed by atoms with E-state index in [-0.39, 0.29) is 17.1 Å². The van der Waals surface area contributed by atoms with Gasteiger partial charge in [0.2, 0.25) is 0 Å². The van der Waals surface area contributed by atoms with Gasteiger partial charge >= 0.3 is 0 Å². The first-order chi connectivity index (χ1) is 13.6. The maximum absolute atomic E-state index is 9.53. The number of thioether (sulfide) groups is 1. The van der Waals surface area contributed by atoms with Crippen LogP contribution in [0.15, 0.2) is 42.6 Å². The third-order valence-electron chi connectivity index (χ3n) is 5.04. The van der Waals surface area contributed by atoms with Crippen molar-refractivity contribution in [3.05, 3.63) is 64.3 Å². The Labute approximate surface area is 174 Å². The molecule has 7 heteroatoms. The highest BCUT2D eigenvalue weighted by Gasteiger charge is 2.33. The van der Waals surface area contributed by atoms with Gasteiger partial charge in [0.1, 0.15) is 11.5 Å². The van der Waals surface area contributed by atoms with Crippen LogP contribution >= 0.6 is 23.4 Å². The van der Waals surface area contributed by atoms with Crippen LogP contribution in [0.25, 0.3) is 11.4 Å². The summed E-state index contributed by atoms with van der Waals surface area (Å²) in [6, 6.07) is 12.0. The number of aryl methyl sites for hydroxylation is 2. The second kappa shape index (κ2) is 8.15. The second-order valence-corrected chi connectivity index (χ2v) is 8.83. The van der Waals surface area contributed by atoms with Gasteiger partial charge in [0, 0.05) is 42.2 Å². The van der Waals surface area contributed by atoms with Gasteiger partial charge in [-0.15, -0.1) is 11.8 Å². The molecule has 0 amide bonds. The molecule has 2 atom stereocenters. The van der Waals surface area contributed by atoms with E-state index in [4.69, 9.17) is 16.7 Å². The molecule has 3 aromatic rings. The van der Waals surface area contributed by atoms with Gasteiger partial charge in [-0.1, -0.05) is 23.7 Å². The minimum atomic E-state index is 0.0736. The van der Waals surface area contributed by atoms with E-state index in [1.165, 1.54) is 5.56 Å². The van der Waals surface area contributed by atoms with Gasteiger partial charge in [-0.05, 0) is 48.7 Å². The van der Waals surface area contributed by atoms with Crippen molar-refractivity contribution in [1.82, 2.24) is 14.8 Å². The monoisotopic (exact) mass is 414 g/mol. The van der Waals surface area contributed by atoms with E-state index in [1.54, 1.807) is 6.20 Å². The number of pyridine rings is 1. The van der Waals surface area contributed by atoms with Crippen LogP contribution in [0.3, 0.4) is 0 Å². The van der Waals surface area contributed by atoms with Crippen molar-refractivity contribution in [3.8, 4) is 11.4 Å². The number of hydrogen-bond acceptors (Lipinski definition) is 5. The van der Waals surface area contributed by atoms with Gasteiger partial charge in [-0.2, -0.15) is 5.10 Å². The number of nitrogens with zero attached hydrogens (tertiary/aromatic N) is 3. The Morgan fingerprint density at radius 3 is 2.89 bits per heavy atom. The summed E-state index contributed by atoms with van der Waals surface area (Å²) in [4.78, 5) is 4.55. The highest BCUT2D eigenvalue weighted by atomic mass is 35.5. The molecule has 1 aliphatic rings. The summed E-state index contributed by atoms with van der Waals surface area (Å²) in [6.07, 6.45) is 2.53. The molecule has 0 spiro atoms. The number of halogens is 1. The van der Waals surface area contributed by atoms with E-state index in [0.717, 1.165) is 46.3 Å². The summed E-state index contributed by atoms with van der Waals surface area (Å²) in [6.45, 7) is 3.05. The predicted octanol–water partition coefficient (Wildman–Crippen LogP) is 4.44. The smallest absolute Gasteiger partial charge is 0.129 e. The number of fused-ring (bicyclic) bond motifs is 1. The molecule has 0 bridgehead atoms. The first-order valence-corrected chi connectivity index (χ1v) is 10.6. The fourth-order valence-electron chi connectivity index (χ4n) is 3.69. The molecule has 1 aromatic carbocycles. The van der Waals surface area contributed by atoms with Gasteiger partial charge in [-0.3, -0.25) is 9.67 Å². The quantitative estimate of drug-likeness (QED) is 0.660. The lowest BCUT2D eigenvalue weighted by molar-refractivity contribution is 0.288. The van der Waals surface area contributed by atoms with Crippen molar-refractivity contribution in [3.63, 3.8) is 0 Å². The molecule has 1 aliphatic heterocycles. The average molecular weight is 415 g/mol. The summed E-state index contributed by atoms with van der Waals surface area (Å²) in [5.74, 6) is 1.01. The molecular formula is C21H23ClN4OS. The molecule has 0 radical (unpaired) electrons. The Morgan fingerprint density at radius 1 is 1.32 bits per heavy atom. The lowest BCUT2D eigenvalue weighted by Crippen LogP contribution is -2.18. The summed E-state index contributed by atoms with van der Waals surface area (Å²) in [7, 11) is 1.96. The maximum atomic E-state index is 9.53. The normalized spacial score (nSPS) is 19.0. The Morgan fingerprint density at radius 2 is 2.18 bits per heavy atom. The van der Waals surface area contributed by atoms with E-state index < -0.39 is 0 Å². The van der Waals surface area contributed by atoms with E-state index in [1.807, 2.05) is 53.8 Å².